The van der Waals surface area contributed by atoms with Gasteiger partial charge in [0.25, 0.3) is 0 Å². The van der Waals surface area contributed by atoms with Crippen LogP contribution in [0.15, 0.2) is 102 Å². The highest BCUT2D eigenvalue weighted by atomic mass is 35.5. The van der Waals surface area contributed by atoms with E-state index in [0.717, 1.165) is 28.2 Å². The summed E-state index contributed by atoms with van der Waals surface area (Å²) in [6.45, 7) is 0. The first-order valence-corrected chi connectivity index (χ1v) is 12.3. The number of hydrogen-bond acceptors (Lipinski definition) is 5. The standard InChI is InChI=1S/C30H27ClN4O/c1-34(2)23-13-11-20(12-14-23)28-25(18-32)30(33)35(24-10-6-9-22(31)17-24)26-15-21(16-27(36)29(26)28)19-7-4-3-5-8-19/h3-14,17,21,28H,15-16,33H2,1-2H3. The van der Waals surface area contributed by atoms with Crippen LogP contribution in [0.1, 0.15) is 35.8 Å². The molecule has 0 saturated heterocycles. The number of anilines is 2. The van der Waals surface area contributed by atoms with E-state index in [1.807, 2.05) is 84.6 Å². The summed E-state index contributed by atoms with van der Waals surface area (Å²) in [5.74, 6) is -0.117. The number of nitrogens with two attached hydrogens (primary N) is 1. The topological polar surface area (TPSA) is 73.4 Å². The summed E-state index contributed by atoms with van der Waals surface area (Å²) in [6.07, 6.45) is 1.01. The lowest BCUT2D eigenvalue weighted by Gasteiger charge is -2.41. The minimum absolute atomic E-state index is 0.0207. The second-order valence-corrected chi connectivity index (χ2v) is 9.88. The van der Waals surface area contributed by atoms with E-state index < -0.39 is 5.92 Å². The molecule has 2 aliphatic rings. The lowest BCUT2D eigenvalue weighted by molar-refractivity contribution is -0.116. The first kappa shape index (κ1) is 23.7. The highest BCUT2D eigenvalue weighted by Crippen LogP contribution is 2.49. The van der Waals surface area contributed by atoms with Gasteiger partial charge in [0.2, 0.25) is 0 Å². The molecule has 2 N–H and O–H groups in total. The van der Waals surface area contributed by atoms with Crippen molar-refractivity contribution in [1.82, 2.24) is 0 Å². The van der Waals surface area contributed by atoms with Crippen LogP contribution >= 0.6 is 11.6 Å². The molecule has 0 spiro atoms. The number of hydrogen-bond donors (Lipinski definition) is 1. The highest BCUT2D eigenvalue weighted by molar-refractivity contribution is 6.30. The zero-order chi connectivity index (χ0) is 25.4. The third kappa shape index (κ3) is 4.14. The molecule has 3 aromatic rings. The zero-order valence-electron chi connectivity index (χ0n) is 20.3. The second kappa shape index (κ2) is 9.56. The maximum Gasteiger partial charge on any atom is 0.162 e. The number of nitrogens with zero attached hydrogens (tertiary/aromatic N) is 3. The number of nitriles is 1. The minimum atomic E-state index is -0.513. The average molecular weight is 495 g/mol. The first-order valence-electron chi connectivity index (χ1n) is 11.9. The van der Waals surface area contributed by atoms with Gasteiger partial charge in [-0.1, -0.05) is 60.1 Å². The van der Waals surface area contributed by atoms with E-state index >= 15 is 0 Å². The quantitative estimate of drug-likeness (QED) is 0.474. The fourth-order valence-electron chi connectivity index (χ4n) is 5.30. The normalized spacial score (nSPS) is 19.7. The Morgan fingerprint density at radius 2 is 1.69 bits per heavy atom. The molecule has 0 bridgehead atoms. The lowest BCUT2D eigenvalue weighted by Crippen LogP contribution is -2.40. The van der Waals surface area contributed by atoms with Crippen molar-refractivity contribution in [2.75, 3.05) is 23.9 Å². The molecule has 180 valence electrons. The fourth-order valence-corrected chi connectivity index (χ4v) is 5.48. The predicted molar refractivity (Wildman–Crippen MR) is 145 cm³/mol. The summed E-state index contributed by atoms with van der Waals surface area (Å²) in [5, 5.41) is 10.8. The van der Waals surface area contributed by atoms with Crippen molar-refractivity contribution in [3.63, 3.8) is 0 Å². The van der Waals surface area contributed by atoms with Gasteiger partial charge in [0.15, 0.2) is 5.78 Å². The summed E-state index contributed by atoms with van der Waals surface area (Å²) >= 11 is 6.34. The van der Waals surface area contributed by atoms with Gasteiger partial charge in [0.1, 0.15) is 5.82 Å². The van der Waals surface area contributed by atoms with Gasteiger partial charge < -0.3 is 10.6 Å². The van der Waals surface area contributed by atoms with E-state index in [1.54, 1.807) is 6.07 Å². The number of allylic oxidation sites excluding steroid dienone is 3. The third-order valence-electron chi connectivity index (χ3n) is 7.05. The van der Waals surface area contributed by atoms with E-state index in [0.29, 0.717) is 34.8 Å². The van der Waals surface area contributed by atoms with Crippen molar-refractivity contribution in [1.29, 1.82) is 5.26 Å². The van der Waals surface area contributed by atoms with Crippen LogP contribution in [-0.4, -0.2) is 19.9 Å². The van der Waals surface area contributed by atoms with Crippen molar-refractivity contribution in [3.05, 3.63) is 118 Å². The molecular weight excluding hydrogens is 468 g/mol. The molecule has 1 heterocycles. The van der Waals surface area contributed by atoms with Crippen LogP contribution in [0.4, 0.5) is 11.4 Å². The van der Waals surface area contributed by atoms with Crippen molar-refractivity contribution in [2.45, 2.75) is 24.7 Å². The van der Waals surface area contributed by atoms with Crippen molar-refractivity contribution >= 4 is 28.8 Å². The van der Waals surface area contributed by atoms with Gasteiger partial charge in [-0.05, 0) is 53.8 Å². The number of carbonyl (C=O) groups excluding carboxylic acids is 1. The van der Waals surface area contributed by atoms with Gasteiger partial charge in [-0.25, -0.2) is 0 Å². The Bertz CT molecular complexity index is 1420. The first-order chi connectivity index (χ1) is 17.4. The molecule has 5 rings (SSSR count). The number of rotatable bonds is 4. The third-order valence-corrected chi connectivity index (χ3v) is 7.28. The number of Topliss-reactive ketones (excluding diaryl/α,β-unsaturated/α-hetero) is 1. The van der Waals surface area contributed by atoms with E-state index in [-0.39, 0.29) is 11.7 Å². The Balaban J connectivity index is 1.71. The molecule has 0 aromatic heterocycles. The SMILES string of the molecule is CN(C)c1ccc(C2C(C#N)=C(N)N(c3cccc(Cl)c3)C3=C2C(=O)CC(c2ccccc2)C3)cc1. The van der Waals surface area contributed by atoms with E-state index in [4.69, 9.17) is 17.3 Å². The Kier molecular flexibility index (Phi) is 6.30. The molecule has 2 unspecified atom stereocenters. The predicted octanol–water partition coefficient (Wildman–Crippen LogP) is 6.10. The van der Waals surface area contributed by atoms with Crippen LogP contribution in [0.25, 0.3) is 0 Å². The summed E-state index contributed by atoms with van der Waals surface area (Å²) in [6, 6.07) is 27.8. The molecule has 0 saturated carbocycles. The van der Waals surface area contributed by atoms with Crippen LogP contribution in [-0.2, 0) is 4.79 Å². The summed E-state index contributed by atoms with van der Waals surface area (Å²) in [5.41, 5.74) is 12.4. The van der Waals surface area contributed by atoms with E-state index in [1.165, 1.54) is 0 Å². The molecule has 0 radical (unpaired) electrons. The Morgan fingerprint density at radius 3 is 2.33 bits per heavy atom. The minimum Gasteiger partial charge on any atom is -0.384 e. The number of ketones is 1. The smallest absolute Gasteiger partial charge is 0.162 e. The van der Waals surface area contributed by atoms with Gasteiger partial charge >= 0.3 is 0 Å². The van der Waals surface area contributed by atoms with Gasteiger partial charge in [0.05, 0.1) is 17.6 Å². The van der Waals surface area contributed by atoms with Gasteiger partial charge in [-0.15, -0.1) is 0 Å². The molecule has 36 heavy (non-hydrogen) atoms. The summed E-state index contributed by atoms with van der Waals surface area (Å²) in [4.78, 5) is 17.8. The lowest BCUT2D eigenvalue weighted by atomic mass is 9.72. The number of halogens is 1. The fraction of sp³-hybridized carbons (Fsp3) is 0.200. The van der Waals surface area contributed by atoms with Crippen molar-refractivity contribution < 1.29 is 4.79 Å². The Morgan fingerprint density at radius 1 is 0.972 bits per heavy atom. The molecule has 0 amide bonds. The van der Waals surface area contributed by atoms with Crippen molar-refractivity contribution in [3.8, 4) is 6.07 Å². The monoisotopic (exact) mass is 494 g/mol. The van der Waals surface area contributed by atoms with E-state index in [2.05, 4.69) is 18.2 Å². The molecule has 6 heteroatoms. The largest absolute Gasteiger partial charge is 0.384 e. The van der Waals surface area contributed by atoms with Crippen LogP contribution in [0, 0.1) is 11.3 Å². The molecule has 1 aliphatic carbocycles. The second-order valence-electron chi connectivity index (χ2n) is 9.44. The van der Waals surface area contributed by atoms with Crippen LogP contribution in [0.2, 0.25) is 5.02 Å². The van der Waals surface area contributed by atoms with E-state index in [9.17, 15) is 10.1 Å². The maximum absolute atomic E-state index is 13.9. The van der Waals surface area contributed by atoms with Crippen LogP contribution in [0.3, 0.4) is 0 Å². The molecule has 1 aliphatic heterocycles. The van der Waals surface area contributed by atoms with Crippen LogP contribution < -0.4 is 15.5 Å². The van der Waals surface area contributed by atoms with Gasteiger partial charge in [-0.2, -0.15) is 5.26 Å². The molecule has 5 nitrogen and oxygen atoms in total. The number of carbonyl (C=O) groups is 1. The summed E-state index contributed by atoms with van der Waals surface area (Å²) < 4.78 is 0. The zero-order valence-corrected chi connectivity index (χ0v) is 21.0. The molecule has 3 aromatic carbocycles. The molecule has 2 atom stereocenters. The molecule has 0 fully saturated rings. The number of benzene rings is 3. The van der Waals surface area contributed by atoms with Gasteiger partial charge in [0, 0.05) is 48.2 Å². The Labute approximate surface area is 216 Å². The van der Waals surface area contributed by atoms with Crippen molar-refractivity contribution in [2.24, 2.45) is 5.73 Å². The van der Waals surface area contributed by atoms with Crippen LogP contribution in [0.5, 0.6) is 0 Å². The van der Waals surface area contributed by atoms with Gasteiger partial charge in [-0.3, -0.25) is 9.69 Å². The average Bonchev–Trinajstić information content (AvgIpc) is 2.88. The molecular formula is C30H27ClN4O. The highest BCUT2D eigenvalue weighted by Gasteiger charge is 2.42. The maximum atomic E-state index is 13.9. The summed E-state index contributed by atoms with van der Waals surface area (Å²) in [7, 11) is 3.96. The Hall–Kier alpha value is -4.01.